The van der Waals surface area contributed by atoms with Crippen LogP contribution in [0.15, 0.2) is 44.7 Å². The van der Waals surface area contributed by atoms with Crippen molar-refractivity contribution in [3.63, 3.8) is 0 Å². The number of anilines is 3. The summed E-state index contributed by atoms with van der Waals surface area (Å²) >= 11 is 6.76. The molecule has 124 valence electrons. The van der Waals surface area contributed by atoms with E-state index in [2.05, 4.69) is 52.1 Å². The maximum Gasteiger partial charge on any atom is 0.192 e. The molecule has 0 aliphatic rings. The van der Waals surface area contributed by atoms with Gasteiger partial charge in [-0.3, -0.25) is 0 Å². The molecule has 0 saturated heterocycles. The molecule has 0 aliphatic carbocycles. The Balaban J connectivity index is 2.12. The number of halogens is 2. The average molecular weight is 473 g/mol. The first-order valence-electron chi connectivity index (χ1n) is 6.58. The lowest BCUT2D eigenvalue weighted by Crippen LogP contribution is -2.02. The molecule has 3 rings (SSSR count). The van der Waals surface area contributed by atoms with Gasteiger partial charge in [-0.05, 0) is 50.1 Å². The third kappa shape index (κ3) is 3.35. The predicted molar refractivity (Wildman–Crippen MR) is 100.0 cm³/mol. The minimum Gasteiger partial charge on any atom is -0.397 e. The second-order valence-corrected chi connectivity index (χ2v) is 8.68. The summed E-state index contributed by atoms with van der Waals surface area (Å²) in [4.78, 5) is 12.2. The molecule has 0 amide bonds. The van der Waals surface area contributed by atoms with Crippen LogP contribution in [0.4, 0.5) is 17.2 Å². The molecular weight excluding hydrogens is 462 g/mol. The smallest absolute Gasteiger partial charge is 0.192 e. The highest BCUT2D eigenvalue weighted by Crippen LogP contribution is 2.33. The Morgan fingerprint density at radius 1 is 1.08 bits per heavy atom. The number of pyridine rings is 1. The van der Waals surface area contributed by atoms with Crippen LogP contribution >= 0.6 is 31.9 Å². The molecule has 2 aromatic heterocycles. The normalized spacial score (nSPS) is 11.6. The molecule has 0 aliphatic heterocycles. The van der Waals surface area contributed by atoms with E-state index >= 15 is 0 Å². The molecule has 24 heavy (non-hydrogen) atoms. The summed E-state index contributed by atoms with van der Waals surface area (Å²) in [5.74, 6) is 0.468. The van der Waals surface area contributed by atoms with Crippen LogP contribution in [0.2, 0.25) is 0 Å². The highest BCUT2D eigenvalue weighted by atomic mass is 79.9. The first-order valence-corrected chi connectivity index (χ1v) is 10.1. The number of hydrogen-bond acceptors (Lipinski definition) is 7. The molecular formula is C14H11Br2N5O2S. The molecule has 10 heteroatoms. The first kappa shape index (κ1) is 17.1. The predicted octanol–water partition coefficient (Wildman–Crippen LogP) is 3.28. The Hall–Kier alpha value is -1.78. The Morgan fingerprint density at radius 3 is 2.38 bits per heavy atom. The fraction of sp³-hybridized carbons (Fsp3) is 0.0714. The van der Waals surface area contributed by atoms with Crippen LogP contribution in [0.1, 0.15) is 0 Å². The fourth-order valence-corrected chi connectivity index (χ4v) is 3.80. The zero-order valence-electron chi connectivity index (χ0n) is 12.3. The molecule has 2 heterocycles. The van der Waals surface area contributed by atoms with E-state index in [0.29, 0.717) is 22.4 Å². The van der Waals surface area contributed by atoms with Crippen molar-refractivity contribution in [1.82, 2.24) is 15.0 Å². The maximum absolute atomic E-state index is 11.7. The van der Waals surface area contributed by atoms with Crippen molar-refractivity contribution in [2.24, 2.45) is 0 Å². The zero-order chi connectivity index (χ0) is 17.5. The summed E-state index contributed by atoms with van der Waals surface area (Å²) in [6, 6.07) is 5.05. The third-order valence-electron chi connectivity index (χ3n) is 3.22. The Kier molecular flexibility index (Phi) is 4.45. The average Bonchev–Trinajstić information content (AvgIpc) is 2.51. The number of hydrogen-bond donors (Lipinski definition) is 2. The number of sulfone groups is 1. The highest BCUT2D eigenvalue weighted by Gasteiger charge is 2.13. The van der Waals surface area contributed by atoms with Crippen LogP contribution in [0, 0.1) is 0 Å². The lowest BCUT2D eigenvalue weighted by atomic mass is 10.2. The van der Waals surface area contributed by atoms with Gasteiger partial charge in [0.1, 0.15) is 12.1 Å². The standard InChI is InChI=1S/C14H11Br2N5O2S/c1-24(22,23)12-4-8-11(5-18-12)19-6-20-14(8)21-7-2-9(15)13(17)10(16)3-7/h2-6H,17H2,1H3,(H,19,20,21). The van der Waals surface area contributed by atoms with Crippen LogP contribution in [0.5, 0.6) is 0 Å². The minimum atomic E-state index is -3.43. The van der Waals surface area contributed by atoms with E-state index in [9.17, 15) is 8.42 Å². The second-order valence-electron chi connectivity index (χ2n) is 5.01. The van der Waals surface area contributed by atoms with E-state index < -0.39 is 9.84 Å². The number of nitrogens with zero attached hydrogens (tertiary/aromatic N) is 3. The molecule has 0 radical (unpaired) electrons. The van der Waals surface area contributed by atoms with Crippen molar-refractivity contribution in [2.75, 3.05) is 17.3 Å². The third-order valence-corrected chi connectivity index (χ3v) is 5.51. The number of nitrogens with two attached hydrogens (primary N) is 1. The summed E-state index contributed by atoms with van der Waals surface area (Å²) in [6.07, 6.45) is 3.90. The summed E-state index contributed by atoms with van der Waals surface area (Å²) < 4.78 is 24.9. The minimum absolute atomic E-state index is 0.0347. The van der Waals surface area contributed by atoms with E-state index in [1.165, 1.54) is 18.6 Å². The van der Waals surface area contributed by atoms with Crippen molar-refractivity contribution in [2.45, 2.75) is 5.03 Å². The van der Waals surface area contributed by atoms with Crippen molar-refractivity contribution < 1.29 is 8.42 Å². The van der Waals surface area contributed by atoms with Crippen molar-refractivity contribution in [3.05, 3.63) is 39.7 Å². The number of fused-ring (bicyclic) bond motifs is 1. The summed E-state index contributed by atoms with van der Waals surface area (Å²) in [7, 11) is -3.43. The monoisotopic (exact) mass is 471 g/mol. The molecule has 0 spiro atoms. The van der Waals surface area contributed by atoms with E-state index in [0.717, 1.165) is 20.9 Å². The molecule has 0 bridgehead atoms. The number of benzene rings is 1. The van der Waals surface area contributed by atoms with Crippen molar-refractivity contribution >= 4 is 69.8 Å². The van der Waals surface area contributed by atoms with Gasteiger partial charge in [-0.1, -0.05) is 0 Å². The number of nitrogens with one attached hydrogen (secondary N) is 1. The molecule has 7 nitrogen and oxygen atoms in total. The molecule has 0 saturated carbocycles. The van der Waals surface area contributed by atoms with Gasteiger partial charge in [0.25, 0.3) is 0 Å². The fourth-order valence-electron chi connectivity index (χ4n) is 2.04. The van der Waals surface area contributed by atoms with Gasteiger partial charge in [-0.25, -0.2) is 23.4 Å². The van der Waals surface area contributed by atoms with Crippen molar-refractivity contribution in [1.29, 1.82) is 0 Å². The second kappa shape index (κ2) is 6.26. The maximum atomic E-state index is 11.7. The quantitative estimate of drug-likeness (QED) is 0.562. The summed E-state index contributed by atoms with van der Waals surface area (Å²) in [5.41, 5.74) is 7.72. The summed E-state index contributed by atoms with van der Waals surface area (Å²) in [5, 5.41) is 3.66. The Labute approximate surface area is 154 Å². The lowest BCUT2D eigenvalue weighted by molar-refractivity contribution is 0.598. The van der Waals surface area contributed by atoms with Gasteiger partial charge in [0.05, 0.1) is 17.4 Å². The number of aromatic nitrogens is 3. The van der Waals surface area contributed by atoms with Gasteiger partial charge in [0, 0.05) is 26.3 Å². The van der Waals surface area contributed by atoms with E-state index in [4.69, 9.17) is 5.73 Å². The van der Waals surface area contributed by atoms with Gasteiger partial charge >= 0.3 is 0 Å². The van der Waals surface area contributed by atoms with Gasteiger partial charge in [-0.15, -0.1) is 0 Å². The van der Waals surface area contributed by atoms with Gasteiger partial charge in [0.2, 0.25) is 0 Å². The SMILES string of the molecule is CS(=O)(=O)c1cc2c(Nc3cc(Br)c(N)c(Br)c3)ncnc2cn1. The van der Waals surface area contributed by atoms with Crippen LogP contribution in [-0.2, 0) is 9.84 Å². The van der Waals surface area contributed by atoms with Crippen LogP contribution in [0.3, 0.4) is 0 Å². The van der Waals surface area contributed by atoms with Gasteiger partial charge in [0.15, 0.2) is 14.9 Å². The Bertz CT molecular complexity index is 1030. The van der Waals surface area contributed by atoms with E-state index in [1.54, 1.807) is 12.1 Å². The van der Waals surface area contributed by atoms with Crippen LogP contribution in [-0.4, -0.2) is 29.6 Å². The number of nitrogen functional groups attached to an aromatic ring is 1. The largest absolute Gasteiger partial charge is 0.397 e. The van der Waals surface area contributed by atoms with E-state index in [-0.39, 0.29) is 5.03 Å². The molecule has 3 N–H and O–H groups in total. The van der Waals surface area contributed by atoms with Crippen LogP contribution in [0.25, 0.3) is 10.9 Å². The molecule has 0 unspecified atom stereocenters. The molecule has 3 aromatic rings. The van der Waals surface area contributed by atoms with Crippen molar-refractivity contribution in [3.8, 4) is 0 Å². The highest BCUT2D eigenvalue weighted by molar-refractivity contribution is 9.11. The lowest BCUT2D eigenvalue weighted by Gasteiger charge is -2.11. The Morgan fingerprint density at radius 2 is 1.75 bits per heavy atom. The van der Waals surface area contributed by atoms with E-state index in [1.807, 2.05) is 0 Å². The molecule has 0 fully saturated rings. The molecule has 1 aromatic carbocycles. The van der Waals surface area contributed by atoms with Crippen LogP contribution < -0.4 is 11.1 Å². The van der Waals surface area contributed by atoms with Gasteiger partial charge < -0.3 is 11.1 Å². The topological polar surface area (TPSA) is 111 Å². The summed E-state index contributed by atoms with van der Waals surface area (Å²) in [6.45, 7) is 0. The first-order chi connectivity index (χ1) is 11.3. The number of rotatable bonds is 3. The van der Waals surface area contributed by atoms with Gasteiger partial charge in [-0.2, -0.15) is 0 Å². The molecule has 0 atom stereocenters. The zero-order valence-corrected chi connectivity index (χ0v) is 16.3.